The van der Waals surface area contributed by atoms with Gasteiger partial charge in [0.15, 0.2) is 0 Å². The molecule has 4 heteroatoms. The normalized spacial score (nSPS) is 10.6. The molecule has 0 aromatic carbocycles. The number of aliphatic hydroxyl groups is 3. The van der Waals surface area contributed by atoms with Crippen LogP contribution < -0.4 is 0 Å². The molecule has 1 aliphatic carbocycles. The third kappa shape index (κ3) is 16.6. The molecule has 0 fully saturated rings. The van der Waals surface area contributed by atoms with Crippen LogP contribution in [-0.4, -0.2) is 36.6 Å². The third-order valence-corrected chi connectivity index (χ3v) is 1.35. The van der Waals surface area contributed by atoms with Gasteiger partial charge in [0.25, 0.3) is 0 Å². The van der Waals surface area contributed by atoms with Crippen molar-refractivity contribution in [3.63, 3.8) is 0 Å². The minimum absolute atomic E-state index is 1.00. The number of hydrogen-bond donors (Lipinski definition) is 3. The van der Waals surface area contributed by atoms with Crippen LogP contribution in [0.3, 0.4) is 0 Å². The Morgan fingerprint density at radius 1 is 1.08 bits per heavy atom. The van der Waals surface area contributed by atoms with Crippen molar-refractivity contribution in [2.75, 3.05) is 21.3 Å². The van der Waals surface area contributed by atoms with Crippen molar-refractivity contribution in [1.82, 2.24) is 0 Å². The maximum atomic E-state index is 7.00. The molecule has 0 radical (unpaired) electrons. The van der Waals surface area contributed by atoms with Crippen molar-refractivity contribution in [1.29, 1.82) is 0 Å². The molecule has 0 unspecified atom stereocenters. The van der Waals surface area contributed by atoms with E-state index in [4.69, 9.17) is 15.3 Å². The summed E-state index contributed by atoms with van der Waals surface area (Å²) in [6.07, 6.45) is 7.56. The van der Waals surface area contributed by atoms with Crippen molar-refractivity contribution in [2.45, 2.75) is 6.42 Å². The Morgan fingerprint density at radius 2 is 1.50 bits per heavy atom. The van der Waals surface area contributed by atoms with E-state index in [1.807, 2.05) is 0 Å². The van der Waals surface area contributed by atoms with Crippen molar-refractivity contribution in [3.05, 3.63) is 22.1 Å². The van der Waals surface area contributed by atoms with E-state index in [1.54, 1.807) is 0 Å². The number of rotatable bonds is 0. The van der Waals surface area contributed by atoms with Gasteiger partial charge >= 0.3 is 49.0 Å². The molecule has 0 bridgehead atoms. The molecule has 0 aliphatic heterocycles. The molecular weight excluding hydrogens is 192 g/mol. The fourth-order valence-corrected chi connectivity index (χ4v) is 0.782. The molecule has 71 valence electrons. The Labute approximate surface area is 85.8 Å². The van der Waals surface area contributed by atoms with Crippen molar-refractivity contribution in [3.8, 4) is 0 Å². The Kier molecular flexibility index (Phi) is 33.7. The number of allylic oxidation sites excluding steroid dienone is 4. The van der Waals surface area contributed by atoms with Gasteiger partial charge in [-0.2, -0.15) is 0 Å². The zero-order valence-electron chi connectivity index (χ0n) is 7.78. The standard InChI is InChI=1S/C5H5.3CH4O.Ti/c1-2-4-5-3-1;3*1-2;/h1-3H,4H2;3*2H,1H3;. The summed E-state index contributed by atoms with van der Waals surface area (Å²) < 4.78 is 1.47. The average molecular weight is 209 g/mol. The molecule has 1 rings (SSSR count). The van der Waals surface area contributed by atoms with Crippen LogP contribution in [0.5, 0.6) is 0 Å². The van der Waals surface area contributed by atoms with E-state index >= 15 is 0 Å². The van der Waals surface area contributed by atoms with Crippen LogP contribution in [0.15, 0.2) is 22.1 Å². The predicted octanol–water partition coefficient (Wildman–Crippen LogP) is 0.202. The molecule has 0 aromatic rings. The van der Waals surface area contributed by atoms with E-state index in [0.717, 1.165) is 21.3 Å². The summed E-state index contributed by atoms with van der Waals surface area (Å²) in [7, 11) is 3.00. The van der Waals surface area contributed by atoms with Crippen molar-refractivity contribution in [2.24, 2.45) is 0 Å². The zero-order chi connectivity index (χ0) is 10.4. The van der Waals surface area contributed by atoms with Gasteiger partial charge < -0.3 is 15.3 Å². The molecule has 1 aliphatic rings. The Hall–Kier alpha value is 0.0743. The van der Waals surface area contributed by atoms with Gasteiger partial charge in [-0.3, -0.25) is 0 Å². The van der Waals surface area contributed by atoms with Gasteiger partial charge in [-0.1, -0.05) is 0 Å². The number of hydrogen-bond acceptors (Lipinski definition) is 3. The summed E-state index contributed by atoms with van der Waals surface area (Å²) >= 11 is 2.14. The fraction of sp³-hybridized carbons (Fsp3) is 0.500. The van der Waals surface area contributed by atoms with Crippen molar-refractivity contribution >= 4 is 0 Å². The molecule has 0 saturated heterocycles. The minimum atomic E-state index is 1.00. The summed E-state index contributed by atoms with van der Waals surface area (Å²) in [6, 6.07) is 0. The van der Waals surface area contributed by atoms with Gasteiger partial charge in [-0.25, -0.2) is 0 Å². The first-order valence-electron chi connectivity index (χ1n) is 3.31. The Bertz CT molecular complexity index is 111. The van der Waals surface area contributed by atoms with Crippen molar-refractivity contribution < 1.29 is 35.8 Å². The molecule has 0 saturated carbocycles. The van der Waals surface area contributed by atoms with Gasteiger partial charge in [-0.15, -0.1) is 0 Å². The second-order valence-corrected chi connectivity index (χ2v) is 2.33. The Morgan fingerprint density at radius 3 is 1.58 bits per heavy atom. The Balaban J connectivity index is -0.000000117. The molecule has 0 heterocycles. The van der Waals surface area contributed by atoms with E-state index in [0.29, 0.717) is 0 Å². The van der Waals surface area contributed by atoms with Crippen LogP contribution in [0, 0.1) is 0 Å². The second-order valence-electron chi connectivity index (χ2n) is 1.32. The molecule has 0 amide bonds. The van der Waals surface area contributed by atoms with Gasteiger partial charge in [-0.05, 0) is 0 Å². The SMILES string of the molecule is CO.CO.CO.[Ti][C]1=CC=CC1. The van der Waals surface area contributed by atoms with Gasteiger partial charge in [0, 0.05) is 21.3 Å². The molecule has 12 heavy (non-hydrogen) atoms. The maximum absolute atomic E-state index is 7.00. The van der Waals surface area contributed by atoms with Crippen LogP contribution in [0.1, 0.15) is 6.42 Å². The van der Waals surface area contributed by atoms with Crippen LogP contribution in [0.25, 0.3) is 0 Å². The predicted molar refractivity (Wildman–Crippen MR) is 46.3 cm³/mol. The van der Waals surface area contributed by atoms with E-state index < -0.39 is 0 Å². The van der Waals surface area contributed by atoms with Gasteiger partial charge in [0.05, 0.1) is 0 Å². The summed E-state index contributed by atoms with van der Waals surface area (Å²) in [6.45, 7) is 0. The van der Waals surface area contributed by atoms with Crippen LogP contribution in [0.2, 0.25) is 0 Å². The van der Waals surface area contributed by atoms with E-state index in [2.05, 4.69) is 38.7 Å². The second kappa shape index (κ2) is 22.5. The molecule has 0 aromatic heterocycles. The van der Waals surface area contributed by atoms with Crippen LogP contribution in [-0.2, 0) is 20.4 Å². The first-order valence-corrected chi connectivity index (χ1v) is 4.09. The summed E-state index contributed by atoms with van der Waals surface area (Å²) in [4.78, 5) is 0. The van der Waals surface area contributed by atoms with Gasteiger partial charge in [0.1, 0.15) is 0 Å². The first-order chi connectivity index (χ1) is 5.89. The monoisotopic (exact) mass is 209 g/mol. The topological polar surface area (TPSA) is 60.7 Å². The quantitative estimate of drug-likeness (QED) is 0.499. The fourth-order valence-electron chi connectivity index (χ4n) is 0.447. The molecule has 0 spiro atoms. The average Bonchev–Trinajstić information content (AvgIpc) is 2.66. The molecule has 3 N–H and O–H groups in total. The zero-order valence-corrected chi connectivity index (χ0v) is 9.34. The summed E-state index contributed by atoms with van der Waals surface area (Å²) in [5, 5.41) is 21.0. The van der Waals surface area contributed by atoms with E-state index in [-0.39, 0.29) is 0 Å². The third-order valence-electron chi connectivity index (χ3n) is 0.771. The molecular formula is C8H17O3Ti. The van der Waals surface area contributed by atoms with Crippen LogP contribution >= 0.6 is 0 Å². The van der Waals surface area contributed by atoms with E-state index in [1.165, 1.54) is 10.3 Å². The van der Waals surface area contributed by atoms with Crippen LogP contribution in [0.4, 0.5) is 0 Å². The molecule has 3 nitrogen and oxygen atoms in total. The molecule has 0 atom stereocenters. The first kappa shape index (κ1) is 18.0. The number of aliphatic hydroxyl groups excluding tert-OH is 3. The van der Waals surface area contributed by atoms with E-state index in [9.17, 15) is 0 Å². The summed E-state index contributed by atoms with van der Waals surface area (Å²) in [5.74, 6) is 0. The summed E-state index contributed by atoms with van der Waals surface area (Å²) in [5.41, 5.74) is 0. The van der Waals surface area contributed by atoms with Gasteiger partial charge in [0.2, 0.25) is 0 Å².